The van der Waals surface area contributed by atoms with Crippen LogP contribution in [-0.2, 0) is 11.2 Å². The van der Waals surface area contributed by atoms with Crippen LogP contribution in [-0.4, -0.2) is 18.1 Å². The number of unbranched alkanes of at least 4 members (excludes halogenated alkanes) is 9. The molecule has 160 valence electrons. The van der Waals surface area contributed by atoms with Crippen LogP contribution in [0.3, 0.4) is 0 Å². The maximum absolute atomic E-state index is 10.9. The quantitative estimate of drug-likeness (QED) is 0.248. The summed E-state index contributed by atoms with van der Waals surface area (Å²) in [4.78, 5) is 15.3. The molecular formula is C25H38N2O2. The number of benzene rings is 1. The Hall–Kier alpha value is -2.36. The van der Waals surface area contributed by atoms with E-state index in [2.05, 4.69) is 28.8 Å². The number of esters is 1. The number of methoxy groups -OCH3 is 1. The summed E-state index contributed by atoms with van der Waals surface area (Å²) >= 11 is 0. The number of carbonyl (C=O) groups excluding carboxylic acids is 1. The van der Waals surface area contributed by atoms with E-state index in [1.807, 2.05) is 12.3 Å². The van der Waals surface area contributed by atoms with Gasteiger partial charge in [-0.05, 0) is 37.1 Å². The number of rotatable bonds is 12. The van der Waals surface area contributed by atoms with E-state index in [9.17, 15) is 4.79 Å². The highest BCUT2D eigenvalue weighted by molar-refractivity contribution is 5.94. The normalized spacial score (nSPS) is 10.1. The number of anilines is 1. The number of ether oxygens (including phenoxy) is 1. The highest BCUT2D eigenvalue weighted by atomic mass is 16.5. The largest absolute Gasteiger partial charge is 0.465 e. The average Bonchev–Trinajstić information content (AvgIpc) is 2.76. The van der Waals surface area contributed by atoms with Gasteiger partial charge in [-0.2, -0.15) is 0 Å². The number of hydrogen-bond acceptors (Lipinski definition) is 4. The van der Waals surface area contributed by atoms with Gasteiger partial charge in [-0.25, -0.2) is 4.79 Å². The molecule has 0 aliphatic carbocycles. The van der Waals surface area contributed by atoms with Crippen molar-refractivity contribution in [2.24, 2.45) is 0 Å². The Morgan fingerprint density at radius 1 is 0.862 bits per heavy atom. The molecule has 4 nitrogen and oxygen atoms in total. The van der Waals surface area contributed by atoms with Crippen LogP contribution >= 0.6 is 0 Å². The van der Waals surface area contributed by atoms with Crippen LogP contribution in [0.4, 0.5) is 5.69 Å². The van der Waals surface area contributed by atoms with Crippen LogP contribution in [0.5, 0.6) is 0 Å². The summed E-state index contributed by atoms with van der Waals surface area (Å²) in [5, 5.41) is 0. The maximum Gasteiger partial charge on any atom is 0.339 e. The number of carbonyl (C=O) groups is 1. The molecule has 0 amide bonds. The Labute approximate surface area is 176 Å². The summed E-state index contributed by atoms with van der Waals surface area (Å²) < 4.78 is 4.50. The molecular weight excluding hydrogens is 360 g/mol. The zero-order valence-electron chi connectivity index (χ0n) is 18.2. The lowest BCUT2D eigenvalue weighted by molar-refractivity contribution is 0.0602. The van der Waals surface area contributed by atoms with E-state index in [-0.39, 0.29) is 0 Å². The van der Waals surface area contributed by atoms with Crippen LogP contribution in [0, 0.1) is 0 Å². The van der Waals surface area contributed by atoms with Gasteiger partial charge >= 0.3 is 5.97 Å². The van der Waals surface area contributed by atoms with Crippen molar-refractivity contribution in [3.8, 4) is 0 Å². The molecule has 1 aromatic heterocycles. The minimum atomic E-state index is -0.400. The van der Waals surface area contributed by atoms with Gasteiger partial charge in [0, 0.05) is 17.6 Å². The SMILES string of the molecule is CCCCCCCCCCCCc1ccccn1.COC(=O)c1ccccc1N. The molecule has 2 rings (SSSR count). The Morgan fingerprint density at radius 2 is 1.45 bits per heavy atom. The molecule has 0 aliphatic heterocycles. The number of para-hydroxylation sites is 1. The molecule has 0 radical (unpaired) electrons. The lowest BCUT2D eigenvalue weighted by Crippen LogP contribution is -2.04. The first-order valence-corrected chi connectivity index (χ1v) is 11.0. The van der Waals surface area contributed by atoms with E-state index < -0.39 is 5.97 Å². The van der Waals surface area contributed by atoms with Crippen LogP contribution in [0.1, 0.15) is 87.2 Å². The molecule has 0 aliphatic rings. The number of nitrogens with zero attached hydrogens (tertiary/aromatic N) is 1. The van der Waals surface area contributed by atoms with Gasteiger partial charge in [-0.3, -0.25) is 4.98 Å². The Balaban J connectivity index is 0.000000326. The third kappa shape index (κ3) is 11.9. The molecule has 29 heavy (non-hydrogen) atoms. The summed E-state index contributed by atoms with van der Waals surface area (Å²) in [6.45, 7) is 2.28. The van der Waals surface area contributed by atoms with Crippen LogP contribution in [0.2, 0.25) is 0 Å². The van der Waals surface area contributed by atoms with Crippen molar-refractivity contribution in [1.82, 2.24) is 4.98 Å². The Bertz CT molecular complexity index is 659. The van der Waals surface area contributed by atoms with Gasteiger partial charge in [-0.15, -0.1) is 0 Å². The van der Waals surface area contributed by atoms with Gasteiger partial charge in [0.15, 0.2) is 0 Å². The third-order valence-corrected chi connectivity index (χ3v) is 4.88. The van der Waals surface area contributed by atoms with Crippen molar-refractivity contribution in [2.45, 2.75) is 77.6 Å². The molecule has 0 fully saturated rings. The van der Waals surface area contributed by atoms with E-state index in [0.29, 0.717) is 11.3 Å². The van der Waals surface area contributed by atoms with E-state index in [1.54, 1.807) is 24.3 Å². The van der Waals surface area contributed by atoms with E-state index in [0.717, 1.165) is 6.42 Å². The van der Waals surface area contributed by atoms with Crippen molar-refractivity contribution in [1.29, 1.82) is 0 Å². The third-order valence-electron chi connectivity index (χ3n) is 4.88. The molecule has 2 aromatic rings. The van der Waals surface area contributed by atoms with Gasteiger partial charge in [0.1, 0.15) is 0 Å². The molecule has 1 heterocycles. The summed E-state index contributed by atoms with van der Waals surface area (Å²) in [6.07, 6.45) is 17.1. The Morgan fingerprint density at radius 3 is 2.00 bits per heavy atom. The maximum atomic E-state index is 10.9. The number of aromatic nitrogens is 1. The number of pyridine rings is 1. The fourth-order valence-electron chi connectivity index (χ4n) is 3.13. The fraction of sp³-hybridized carbons (Fsp3) is 0.520. The van der Waals surface area contributed by atoms with Crippen molar-refractivity contribution in [3.63, 3.8) is 0 Å². The number of nitrogens with two attached hydrogens (primary N) is 1. The van der Waals surface area contributed by atoms with Crippen LogP contribution in [0.15, 0.2) is 48.7 Å². The predicted molar refractivity (Wildman–Crippen MR) is 122 cm³/mol. The van der Waals surface area contributed by atoms with E-state index >= 15 is 0 Å². The number of hydrogen-bond donors (Lipinski definition) is 1. The van der Waals surface area contributed by atoms with Gasteiger partial charge in [0.25, 0.3) is 0 Å². The molecule has 0 atom stereocenters. The molecule has 0 spiro atoms. The summed E-state index contributed by atoms with van der Waals surface area (Å²) in [5.74, 6) is -0.400. The smallest absolute Gasteiger partial charge is 0.339 e. The minimum absolute atomic E-state index is 0.400. The molecule has 0 unspecified atom stereocenters. The fourth-order valence-corrected chi connectivity index (χ4v) is 3.13. The highest BCUT2D eigenvalue weighted by Crippen LogP contribution is 2.12. The second-order valence-corrected chi connectivity index (χ2v) is 7.33. The van der Waals surface area contributed by atoms with E-state index in [1.165, 1.54) is 77.0 Å². The van der Waals surface area contributed by atoms with Gasteiger partial charge in [0.2, 0.25) is 0 Å². The van der Waals surface area contributed by atoms with E-state index in [4.69, 9.17) is 5.73 Å². The topological polar surface area (TPSA) is 65.2 Å². The molecule has 2 N–H and O–H groups in total. The van der Waals surface area contributed by atoms with Gasteiger partial charge in [-0.1, -0.05) is 82.9 Å². The van der Waals surface area contributed by atoms with Crippen molar-refractivity contribution in [2.75, 3.05) is 12.8 Å². The monoisotopic (exact) mass is 398 g/mol. The molecule has 0 saturated heterocycles. The lowest BCUT2D eigenvalue weighted by Gasteiger charge is -2.02. The second-order valence-electron chi connectivity index (χ2n) is 7.33. The standard InChI is InChI=1S/C17H29N.C8H9NO2/c1-2-3-4-5-6-7-8-9-10-11-14-17-15-12-13-16-18-17;1-11-8(10)6-4-2-3-5-7(6)9/h12-13,15-16H,2-11,14H2,1H3;2-5H,9H2,1H3. The first kappa shape index (κ1) is 24.7. The molecule has 0 bridgehead atoms. The number of aryl methyl sites for hydroxylation is 1. The second kappa shape index (κ2) is 16.6. The summed E-state index contributed by atoms with van der Waals surface area (Å²) in [5.41, 5.74) is 7.60. The predicted octanol–water partition coefficient (Wildman–Crippen LogP) is 6.60. The summed E-state index contributed by atoms with van der Waals surface area (Å²) in [7, 11) is 1.33. The van der Waals surface area contributed by atoms with Crippen molar-refractivity contribution >= 4 is 11.7 Å². The van der Waals surface area contributed by atoms with Crippen LogP contribution in [0.25, 0.3) is 0 Å². The first-order valence-electron chi connectivity index (χ1n) is 11.0. The average molecular weight is 399 g/mol. The van der Waals surface area contributed by atoms with Crippen molar-refractivity contribution < 1.29 is 9.53 Å². The minimum Gasteiger partial charge on any atom is -0.465 e. The molecule has 0 saturated carbocycles. The zero-order chi connectivity index (χ0) is 21.2. The molecule has 1 aromatic carbocycles. The highest BCUT2D eigenvalue weighted by Gasteiger charge is 2.06. The summed E-state index contributed by atoms with van der Waals surface area (Å²) in [6, 6.07) is 13.0. The zero-order valence-corrected chi connectivity index (χ0v) is 18.2. The van der Waals surface area contributed by atoms with Gasteiger partial charge < -0.3 is 10.5 Å². The van der Waals surface area contributed by atoms with Crippen LogP contribution < -0.4 is 5.73 Å². The molecule has 4 heteroatoms. The van der Waals surface area contributed by atoms with Crippen molar-refractivity contribution in [3.05, 3.63) is 59.9 Å². The Kier molecular flexibility index (Phi) is 14.1. The number of nitrogen functional groups attached to an aromatic ring is 1. The van der Waals surface area contributed by atoms with Gasteiger partial charge in [0.05, 0.1) is 12.7 Å². The first-order chi connectivity index (χ1) is 14.2. The lowest BCUT2D eigenvalue weighted by atomic mass is 10.1.